The van der Waals surface area contributed by atoms with Gasteiger partial charge in [-0.3, -0.25) is 0 Å². The first-order valence-electron chi connectivity index (χ1n) is 14.6. The van der Waals surface area contributed by atoms with Gasteiger partial charge in [0.25, 0.3) is 0 Å². The lowest BCUT2D eigenvalue weighted by Crippen LogP contribution is -2.13. The first-order valence-corrected chi connectivity index (χ1v) is 14.6. The number of aryl methyl sites for hydroxylation is 1. The SMILES string of the molecule is C/C=C/CCc1ccc(C#Cc2ccc3cc(C4CCC(CCCCCCC)CC4)ccc3c2F)cc1. The molecule has 1 aliphatic rings. The minimum atomic E-state index is -0.202. The molecule has 0 nitrogen and oxygen atoms in total. The second-order valence-electron chi connectivity index (χ2n) is 10.9. The smallest absolute Gasteiger partial charge is 0.146 e. The first kappa shape index (κ1) is 27.2. The summed E-state index contributed by atoms with van der Waals surface area (Å²) in [6, 6.07) is 18.5. The van der Waals surface area contributed by atoms with Gasteiger partial charge in [-0.25, -0.2) is 4.39 Å². The summed E-state index contributed by atoms with van der Waals surface area (Å²) in [4.78, 5) is 0. The zero-order valence-electron chi connectivity index (χ0n) is 22.9. The van der Waals surface area contributed by atoms with Crippen molar-refractivity contribution in [1.29, 1.82) is 0 Å². The number of halogens is 1. The number of hydrogen-bond acceptors (Lipinski definition) is 0. The largest absolute Gasteiger partial charge is 0.205 e. The van der Waals surface area contributed by atoms with Crippen LogP contribution in [-0.4, -0.2) is 0 Å². The van der Waals surface area contributed by atoms with Crippen molar-refractivity contribution in [2.24, 2.45) is 5.92 Å². The molecular weight excluding hydrogens is 451 g/mol. The molecule has 3 aromatic rings. The van der Waals surface area contributed by atoms with Gasteiger partial charge in [-0.05, 0) is 92.0 Å². The Bertz CT molecular complexity index is 1210. The van der Waals surface area contributed by atoms with E-state index < -0.39 is 0 Å². The van der Waals surface area contributed by atoms with Crippen LogP contribution in [0.15, 0.2) is 66.7 Å². The number of fused-ring (bicyclic) bond motifs is 1. The zero-order chi connectivity index (χ0) is 25.9. The molecule has 0 saturated heterocycles. The Hall–Kier alpha value is -2.85. The van der Waals surface area contributed by atoms with Crippen molar-refractivity contribution >= 4 is 10.8 Å². The van der Waals surface area contributed by atoms with Crippen LogP contribution in [0.5, 0.6) is 0 Å². The lowest BCUT2D eigenvalue weighted by atomic mass is 9.76. The molecule has 1 saturated carbocycles. The molecule has 0 atom stereocenters. The second-order valence-corrected chi connectivity index (χ2v) is 10.9. The van der Waals surface area contributed by atoms with E-state index in [4.69, 9.17) is 0 Å². The van der Waals surface area contributed by atoms with Crippen LogP contribution in [0.1, 0.15) is 113 Å². The van der Waals surface area contributed by atoms with Crippen LogP contribution in [0.25, 0.3) is 10.8 Å². The Kier molecular flexibility index (Phi) is 10.4. The van der Waals surface area contributed by atoms with Gasteiger partial charge in [0, 0.05) is 10.9 Å². The topological polar surface area (TPSA) is 0 Å². The summed E-state index contributed by atoms with van der Waals surface area (Å²) in [5.41, 5.74) is 4.06. The van der Waals surface area contributed by atoms with Crippen LogP contribution in [0, 0.1) is 23.6 Å². The molecule has 1 aliphatic carbocycles. The van der Waals surface area contributed by atoms with E-state index in [1.807, 2.05) is 37.3 Å². The highest BCUT2D eigenvalue weighted by atomic mass is 19.1. The Morgan fingerprint density at radius 2 is 1.65 bits per heavy atom. The Morgan fingerprint density at radius 1 is 0.865 bits per heavy atom. The van der Waals surface area contributed by atoms with Crippen molar-refractivity contribution in [3.8, 4) is 11.8 Å². The van der Waals surface area contributed by atoms with Gasteiger partial charge in [0.15, 0.2) is 0 Å². The van der Waals surface area contributed by atoms with Gasteiger partial charge in [-0.15, -0.1) is 0 Å². The average molecular weight is 495 g/mol. The third kappa shape index (κ3) is 7.82. The molecule has 0 bridgehead atoms. The highest BCUT2D eigenvalue weighted by Crippen LogP contribution is 2.39. The van der Waals surface area contributed by atoms with E-state index in [0.29, 0.717) is 16.9 Å². The molecule has 0 unspecified atom stereocenters. The van der Waals surface area contributed by atoms with E-state index in [1.165, 1.54) is 75.3 Å². The first-order chi connectivity index (χ1) is 18.2. The fourth-order valence-electron chi connectivity index (χ4n) is 5.79. The highest BCUT2D eigenvalue weighted by Gasteiger charge is 2.22. The maximum atomic E-state index is 15.3. The van der Waals surface area contributed by atoms with E-state index in [9.17, 15) is 0 Å². The minimum Gasteiger partial charge on any atom is -0.205 e. The molecule has 0 N–H and O–H groups in total. The summed E-state index contributed by atoms with van der Waals surface area (Å²) in [6.45, 7) is 4.33. The predicted octanol–water partition coefficient (Wildman–Crippen LogP) is 10.5. The van der Waals surface area contributed by atoms with Crippen LogP contribution in [0.4, 0.5) is 4.39 Å². The van der Waals surface area contributed by atoms with Crippen molar-refractivity contribution in [3.63, 3.8) is 0 Å². The number of unbranched alkanes of at least 4 members (excludes halogenated alkanes) is 4. The maximum Gasteiger partial charge on any atom is 0.146 e. The van der Waals surface area contributed by atoms with Crippen LogP contribution in [-0.2, 0) is 6.42 Å². The Balaban J connectivity index is 1.36. The molecule has 1 fully saturated rings. The highest BCUT2D eigenvalue weighted by molar-refractivity contribution is 5.85. The molecule has 0 aliphatic heterocycles. The van der Waals surface area contributed by atoms with Crippen molar-refractivity contribution in [2.45, 2.75) is 96.8 Å². The molecule has 0 spiro atoms. The summed E-state index contributed by atoms with van der Waals surface area (Å²) in [5, 5.41) is 1.67. The van der Waals surface area contributed by atoms with Gasteiger partial charge < -0.3 is 0 Å². The van der Waals surface area contributed by atoms with Crippen molar-refractivity contribution in [1.82, 2.24) is 0 Å². The van der Waals surface area contributed by atoms with Crippen molar-refractivity contribution < 1.29 is 4.39 Å². The summed E-state index contributed by atoms with van der Waals surface area (Å²) in [5.74, 6) is 7.54. The number of rotatable bonds is 10. The van der Waals surface area contributed by atoms with Gasteiger partial charge in [-0.2, -0.15) is 0 Å². The summed E-state index contributed by atoms with van der Waals surface area (Å²) in [6.07, 6.45) is 19.9. The monoisotopic (exact) mass is 494 g/mol. The molecule has 0 heterocycles. The third-order valence-corrected chi connectivity index (χ3v) is 8.14. The summed E-state index contributed by atoms with van der Waals surface area (Å²) >= 11 is 0. The minimum absolute atomic E-state index is 0.202. The van der Waals surface area contributed by atoms with E-state index in [0.717, 1.165) is 29.7 Å². The van der Waals surface area contributed by atoms with Crippen molar-refractivity contribution in [2.75, 3.05) is 0 Å². The van der Waals surface area contributed by atoms with Gasteiger partial charge in [0.05, 0.1) is 5.56 Å². The summed E-state index contributed by atoms with van der Waals surface area (Å²) < 4.78 is 15.3. The lowest BCUT2D eigenvalue weighted by molar-refractivity contribution is 0.302. The van der Waals surface area contributed by atoms with Crippen LogP contribution in [0.3, 0.4) is 0 Å². The van der Waals surface area contributed by atoms with Gasteiger partial charge in [0.2, 0.25) is 0 Å². The Morgan fingerprint density at radius 3 is 2.41 bits per heavy atom. The van der Waals surface area contributed by atoms with Crippen molar-refractivity contribution in [3.05, 3.63) is 94.8 Å². The van der Waals surface area contributed by atoms with E-state index >= 15 is 4.39 Å². The predicted molar refractivity (Wildman–Crippen MR) is 158 cm³/mol. The van der Waals surface area contributed by atoms with Crippen LogP contribution < -0.4 is 0 Å². The fraction of sp³-hybridized carbons (Fsp3) is 0.444. The quantitative estimate of drug-likeness (QED) is 0.149. The second kappa shape index (κ2) is 14.2. The molecule has 3 aromatic carbocycles. The van der Waals surface area contributed by atoms with E-state index in [1.54, 1.807) is 0 Å². The molecule has 4 rings (SSSR count). The molecule has 194 valence electrons. The van der Waals surface area contributed by atoms with Gasteiger partial charge >= 0.3 is 0 Å². The molecule has 37 heavy (non-hydrogen) atoms. The molecule has 0 aromatic heterocycles. The molecule has 0 amide bonds. The van der Waals surface area contributed by atoms with Crippen LogP contribution >= 0.6 is 0 Å². The number of benzene rings is 3. The maximum absolute atomic E-state index is 15.3. The van der Waals surface area contributed by atoms with Gasteiger partial charge in [0.1, 0.15) is 5.82 Å². The summed E-state index contributed by atoms with van der Waals surface area (Å²) in [7, 11) is 0. The molecule has 0 radical (unpaired) electrons. The van der Waals surface area contributed by atoms with E-state index in [2.05, 4.69) is 55.2 Å². The Labute approximate surface area is 224 Å². The van der Waals surface area contributed by atoms with Gasteiger partial charge in [-0.1, -0.05) is 106 Å². The lowest BCUT2D eigenvalue weighted by Gasteiger charge is -2.29. The van der Waals surface area contributed by atoms with Crippen LogP contribution in [0.2, 0.25) is 0 Å². The fourth-order valence-corrected chi connectivity index (χ4v) is 5.79. The molecular formula is C36H43F. The zero-order valence-corrected chi connectivity index (χ0v) is 22.9. The standard InChI is InChI=1S/C36H43F/c1-3-5-7-8-10-12-29-17-20-31(21-18-29)33-25-26-35-34(27-33)24-23-32(36(35)37)22-19-30-15-13-28(14-16-30)11-9-6-4-2/h4,6,13-16,23-27,29,31H,3,5,7-12,17-18,20-21H2,1-2H3/b6-4+. The number of allylic oxidation sites excluding steroid dienone is 2. The third-order valence-electron chi connectivity index (χ3n) is 8.14. The average Bonchev–Trinajstić information content (AvgIpc) is 2.94. The number of hydrogen-bond donors (Lipinski definition) is 0. The molecule has 1 heteroatoms. The van der Waals surface area contributed by atoms with E-state index in [-0.39, 0.29) is 5.82 Å². The normalized spacial score (nSPS) is 17.7.